The molecule has 1 amide bonds. The molecule has 0 spiro atoms. The number of nitrogens with zero attached hydrogens (tertiary/aromatic N) is 1. The van der Waals surface area contributed by atoms with Crippen LogP contribution in [0, 0.1) is 0 Å². The van der Waals surface area contributed by atoms with E-state index in [1.54, 1.807) is 12.3 Å². The standard InChI is InChI=1S/C28H26N2O4/c31-26(27(32)23-13-15-29-25-12-6-5-11-22(23)25)14-16-30-28(33)34-17-24-20-9-3-1-7-18(20)19-8-2-4-10-21(19)24/h1-13,15,24,26-27,31-32H,14,16-17H2,(H,30,33). The molecule has 3 aromatic carbocycles. The van der Waals surface area contributed by atoms with Crippen LogP contribution in [0.5, 0.6) is 0 Å². The van der Waals surface area contributed by atoms with E-state index < -0.39 is 18.3 Å². The number of pyridine rings is 1. The van der Waals surface area contributed by atoms with Crippen molar-refractivity contribution in [1.29, 1.82) is 0 Å². The molecule has 34 heavy (non-hydrogen) atoms. The van der Waals surface area contributed by atoms with Crippen LogP contribution >= 0.6 is 0 Å². The average molecular weight is 455 g/mol. The molecule has 0 saturated heterocycles. The van der Waals surface area contributed by atoms with Crippen molar-refractivity contribution in [2.45, 2.75) is 24.5 Å². The molecule has 1 aliphatic carbocycles. The molecule has 172 valence electrons. The maximum absolute atomic E-state index is 12.3. The molecule has 5 rings (SSSR count). The number of fused-ring (bicyclic) bond motifs is 4. The summed E-state index contributed by atoms with van der Waals surface area (Å²) < 4.78 is 5.52. The summed E-state index contributed by atoms with van der Waals surface area (Å²) in [4.78, 5) is 16.6. The van der Waals surface area contributed by atoms with Gasteiger partial charge < -0.3 is 20.3 Å². The Morgan fingerprint density at radius 3 is 2.29 bits per heavy atom. The van der Waals surface area contributed by atoms with Gasteiger partial charge in [-0.25, -0.2) is 4.79 Å². The number of alkyl carbamates (subject to hydrolysis) is 1. The number of ether oxygens (including phenoxy) is 1. The number of para-hydroxylation sites is 1. The number of carbonyl (C=O) groups excluding carboxylic acids is 1. The third kappa shape index (κ3) is 4.25. The summed E-state index contributed by atoms with van der Waals surface area (Å²) in [6, 6.07) is 25.5. The van der Waals surface area contributed by atoms with E-state index in [1.807, 2.05) is 48.5 Å². The third-order valence-electron chi connectivity index (χ3n) is 6.42. The minimum atomic E-state index is -1.09. The quantitative estimate of drug-likeness (QED) is 0.381. The van der Waals surface area contributed by atoms with Gasteiger partial charge in [0, 0.05) is 24.0 Å². The van der Waals surface area contributed by atoms with Crippen LogP contribution in [0.3, 0.4) is 0 Å². The van der Waals surface area contributed by atoms with Gasteiger partial charge >= 0.3 is 6.09 Å². The number of hydrogen-bond acceptors (Lipinski definition) is 5. The van der Waals surface area contributed by atoms with Gasteiger partial charge in [0.25, 0.3) is 0 Å². The Balaban J connectivity index is 1.15. The van der Waals surface area contributed by atoms with Crippen LogP contribution < -0.4 is 5.32 Å². The maximum atomic E-state index is 12.3. The van der Waals surface area contributed by atoms with Crippen molar-refractivity contribution in [2.75, 3.05) is 13.2 Å². The summed E-state index contributed by atoms with van der Waals surface area (Å²) in [5.74, 6) is -0.00877. The lowest BCUT2D eigenvalue weighted by atomic mass is 9.98. The van der Waals surface area contributed by atoms with E-state index in [0.717, 1.165) is 22.0 Å². The van der Waals surface area contributed by atoms with Crippen LogP contribution in [0.15, 0.2) is 85.1 Å². The zero-order valence-electron chi connectivity index (χ0n) is 18.6. The van der Waals surface area contributed by atoms with Gasteiger partial charge in [0.05, 0.1) is 11.6 Å². The Kier molecular flexibility index (Phi) is 6.25. The fourth-order valence-corrected chi connectivity index (χ4v) is 4.71. The summed E-state index contributed by atoms with van der Waals surface area (Å²) in [5.41, 5.74) is 6.02. The Morgan fingerprint density at radius 2 is 1.56 bits per heavy atom. The first-order chi connectivity index (χ1) is 16.6. The Bertz CT molecular complexity index is 1270. The lowest BCUT2D eigenvalue weighted by Crippen LogP contribution is -2.30. The fourth-order valence-electron chi connectivity index (χ4n) is 4.71. The highest BCUT2D eigenvalue weighted by atomic mass is 16.5. The van der Waals surface area contributed by atoms with Gasteiger partial charge in [0.1, 0.15) is 12.7 Å². The van der Waals surface area contributed by atoms with E-state index in [2.05, 4.69) is 34.6 Å². The molecule has 2 unspecified atom stereocenters. The van der Waals surface area contributed by atoms with E-state index in [-0.39, 0.29) is 25.5 Å². The smallest absolute Gasteiger partial charge is 0.407 e. The number of aliphatic hydroxyl groups is 2. The number of hydrogen-bond donors (Lipinski definition) is 3. The molecule has 0 aliphatic heterocycles. The number of amides is 1. The maximum Gasteiger partial charge on any atom is 0.407 e. The number of rotatable bonds is 7. The van der Waals surface area contributed by atoms with Crippen LogP contribution in [-0.4, -0.2) is 40.5 Å². The third-order valence-corrected chi connectivity index (χ3v) is 6.42. The van der Waals surface area contributed by atoms with Gasteiger partial charge in [0.2, 0.25) is 0 Å². The Morgan fingerprint density at radius 1 is 0.912 bits per heavy atom. The summed E-state index contributed by atoms with van der Waals surface area (Å²) >= 11 is 0. The molecule has 4 aromatic rings. The second kappa shape index (κ2) is 9.63. The topological polar surface area (TPSA) is 91.7 Å². The number of aromatic nitrogens is 1. The normalized spacial score (nSPS) is 14.3. The highest BCUT2D eigenvalue weighted by Gasteiger charge is 2.29. The number of nitrogens with one attached hydrogen (secondary N) is 1. The molecule has 2 atom stereocenters. The molecule has 6 heteroatoms. The van der Waals surface area contributed by atoms with Gasteiger partial charge in [0.15, 0.2) is 0 Å². The summed E-state index contributed by atoms with van der Waals surface area (Å²) in [5, 5.41) is 24.6. The highest BCUT2D eigenvalue weighted by Crippen LogP contribution is 2.44. The van der Waals surface area contributed by atoms with Crippen molar-refractivity contribution >= 4 is 17.0 Å². The second-order valence-corrected chi connectivity index (χ2v) is 8.47. The van der Waals surface area contributed by atoms with Crippen molar-refractivity contribution in [2.24, 2.45) is 0 Å². The first-order valence-corrected chi connectivity index (χ1v) is 11.4. The van der Waals surface area contributed by atoms with Gasteiger partial charge in [-0.15, -0.1) is 0 Å². The monoisotopic (exact) mass is 454 g/mol. The van der Waals surface area contributed by atoms with Crippen molar-refractivity contribution in [3.8, 4) is 11.1 Å². The lowest BCUT2D eigenvalue weighted by molar-refractivity contribution is 0.0145. The van der Waals surface area contributed by atoms with Crippen molar-refractivity contribution < 1.29 is 19.7 Å². The Labute approximate surface area is 197 Å². The molecular formula is C28H26N2O4. The molecule has 6 nitrogen and oxygen atoms in total. The van der Waals surface area contributed by atoms with E-state index in [1.165, 1.54) is 11.1 Å². The minimum Gasteiger partial charge on any atom is -0.449 e. The minimum absolute atomic E-state index is 0.00877. The van der Waals surface area contributed by atoms with Crippen LogP contribution in [0.1, 0.15) is 35.1 Å². The lowest BCUT2D eigenvalue weighted by Gasteiger charge is -2.20. The zero-order valence-corrected chi connectivity index (χ0v) is 18.6. The number of benzene rings is 3. The molecule has 1 heterocycles. The number of aliphatic hydroxyl groups excluding tert-OH is 2. The van der Waals surface area contributed by atoms with Crippen LogP contribution in [-0.2, 0) is 4.74 Å². The summed E-state index contributed by atoms with van der Waals surface area (Å²) in [6.45, 7) is 0.409. The van der Waals surface area contributed by atoms with Crippen molar-refractivity contribution in [3.63, 3.8) is 0 Å². The van der Waals surface area contributed by atoms with E-state index >= 15 is 0 Å². The second-order valence-electron chi connectivity index (χ2n) is 8.47. The van der Waals surface area contributed by atoms with Gasteiger partial charge in [-0.05, 0) is 46.4 Å². The predicted octanol–water partition coefficient (Wildman–Crippen LogP) is 4.56. The molecular weight excluding hydrogens is 428 g/mol. The first kappa shape index (κ1) is 22.1. The van der Waals surface area contributed by atoms with E-state index in [4.69, 9.17) is 4.74 Å². The molecule has 1 aromatic heterocycles. The van der Waals surface area contributed by atoms with E-state index in [0.29, 0.717) is 5.56 Å². The summed E-state index contributed by atoms with van der Waals surface area (Å²) in [6.07, 6.45) is -0.875. The van der Waals surface area contributed by atoms with Crippen molar-refractivity contribution in [1.82, 2.24) is 10.3 Å². The van der Waals surface area contributed by atoms with Crippen LogP contribution in [0.25, 0.3) is 22.0 Å². The van der Waals surface area contributed by atoms with Gasteiger partial charge in [-0.1, -0.05) is 66.7 Å². The molecule has 0 radical (unpaired) electrons. The first-order valence-electron chi connectivity index (χ1n) is 11.4. The molecule has 0 fully saturated rings. The largest absolute Gasteiger partial charge is 0.449 e. The summed E-state index contributed by atoms with van der Waals surface area (Å²) in [7, 11) is 0. The van der Waals surface area contributed by atoms with Gasteiger partial charge in [-0.2, -0.15) is 0 Å². The number of carbonyl (C=O) groups is 1. The zero-order chi connectivity index (χ0) is 23.5. The SMILES string of the molecule is O=C(NCCC(O)C(O)c1ccnc2ccccc12)OCC1c2ccccc2-c2ccccc21. The molecule has 1 aliphatic rings. The predicted molar refractivity (Wildman–Crippen MR) is 130 cm³/mol. The average Bonchev–Trinajstić information content (AvgIpc) is 3.20. The molecule has 0 bridgehead atoms. The van der Waals surface area contributed by atoms with Crippen LogP contribution in [0.2, 0.25) is 0 Å². The van der Waals surface area contributed by atoms with E-state index in [9.17, 15) is 15.0 Å². The van der Waals surface area contributed by atoms with Crippen molar-refractivity contribution in [3.05, 3.63) is 102 Å². The molecule has 0 saturated carbocycles. The Hall–Kier alpha value is -3.74. The van der Waals surface area contributed by atoms with Crippen LogP contribution in [0.4, 0.5) is 4.79 Å². The fraction of sp³-hybridized carbons (Fsp3) is 0.214. The highest BCUT2D eigenvalue weighted by molar-refractivity contribution is 5.82. The van der Waals surface area contributed by atoms with Gasteiger partial charge in [-0.3, -0.25) is 4.98 Å². The molecule has 3 N–H and O–H groups in total.